The van der Waals surface area contributed by atoms with Crippen LogP contribution in [0, 0.1) is 6.92 Å². The van der Waals surface area contributed by atoms with Crippen LogP contribution in [0.3, 0.4) is 0 Å². The van der Waals surface area contributed by atoms with Crippen molar-refractivity contribution in [2.45, 2.75) is 19.9 Å². The minimum absolute atomic E-state index is 0.831. The number of nitrogens with one attached hydrogen (secondary N) is 2. The number of aryl methyl sites for hydroxylation is 1. The van der Waals surface area contributed by atoms with Gasteiger partial charge >= 0.3 is 0 Å². The van der Waals surface area contributed by atoms with Gasteiger partial charge in [0.2, 0.25) is 0 Å². The molecule has 5 heteroatoms. The quantitative estimate of drug-likeness (QED) is 0.830. The molecule has 0 aromatic carbocycles. The van der Waals surface area contributed by atoms with Gasteiger partial charge in [-0.05, 0) is 38.6 Å². The predicted octanol–water partition coefficient (Wildman–Crippen LogP) is 1.06. The maximum Gasteiger partial charge on any atom is 0.177 e. The molecule has 18 heavy (non-hydrogen) atoms. The van der Waals surface area contributed by atoms with E-state index in [0.29, 0.717) is 0 Å². The Morgan fingerprint density at radius 3 is 3.11 bits per heavy atom. The molecular weight excluding hydrogens is 226 g/mol. The fourth-order valence-electron chi connectivity index (χ4n) is 2.38. The lowest BCUT2D eigenvalue weighted by molar-refractivity contribution is 0.278. The number of fused-ring (bicyclic) bond motifs is 1. The molecule has 1 saturated heterocycles. The summed E-state index contributed by atoms with van der Waals surface area (Å²) in [5.74, 6) is 1.02. The molecule has 1 fully saturated rings. The van der Waals surface area contributed by atoms with Gasteiger partial charge in [0.25, 0.3) is 0 Å². The summed E-state index contributed by atoms with van der Waals surface area (Å²) in [5.41, 5.74) is 2.88. The van der Waals surface area contributed by atoms with Crippen molar-refractivity contribution in [3.63, 3.8) is 0 Å². The molecule has 0 radical (unpaired) electrons. The molecule has 3 heterocycles. The molecule has 5 nitrogen and oxygen atoms in total. The van der Waals surface area contributed by atoms with E-state index in [1.165, 1.54) is 6.42 Å². The number of imidazole rings is 1. The molecule has 1 aliphatic heterocycles. The van der Waals surface area contributed by atoms with Crippen molar-refractivity contribution in [2.24, 2.45) is 0 Å². The molecule has 2 aromatic rings. The average Bonchev–Trinajstić information content (AvgIpc) is 2.57. The molecule has 2 N–H and O–H groups in total. The highest BCUT2D eigenvalue weighted by molar-refractivity contribution is 5.70. The van der Waals surface area contributed by atoms with E-state index in [4.69, 9.17) is 0 Å². The van der Waals surface area contributed by atoms with Crippen LogP contribution >= 0.6 is 0 Å². The van der Waals surface area contributed by atoms with Gasteiger partial charge in [-0.1, -0.05) is 0 Å². The first-order valence-corrected chi connectivity index (χ1v) is 6.56. The molecule has 0 saturated carbocycles. The Labute approximate surface area is 107 Å². The Morgan fingerprint density at radius 1 is 1.22 bits per heavy atom. The zero-order valence-corrected chi connectivity index (χ0v) is 10.7. The lowest BCUT2D eigenvalue weighted by Gasteiger charge is -2.17. The summed E-state index contributed by atoms with van der Waals surface area (Å²) in [6.45, 7) is 7.29. The molecule has 0 atom stereocenters. The SMILES string of the molecule is Cc1ccc2[nH]c(CN3CCCNCC3)nc2n1. The molecule has 96 valence electrons. The Morgan fingerprint density at radius 2 is 2.17 bits per heavy atom. The zero-order chi connectivity index (χ0) is 12.4. The van der Waals surface area contributed by atoms with Crippen molar-refractivity contribution in [1.29, 1.82) is 0 Å². The highest BCUT2D eigenvalue weighted by atomic mass is 15.2. The van der Waals surface area contributed by atoms with Crippen molar-refractivity contribution in [1.82, 2.24) is 25.2 Å². The standard InChI is InChI=1S/C13H19N5/c1-10-3-4-11-13(15-10)17-12(16-11)9-18-7-2-5-14-6-8-18/h3-4,14H,2,5-9H2,1H3,(H,15,16,17). The first kappa shape index (κ1) is 11.6. The summed E-state index contributed by atoms with van der Waals surface area (Å²) in [6.07, 6.45) is 1.21. The fraction of sp³-hybridized carbons (Fsp3) is 0.538. The van der Waals surface area contributed by atoms with Crippen molar-refractivity contribution < 1.29 is 0 Å². The van der Waals surface area contributed by atoms with E-state index in [-0.39, 0.29) is 0 Å². The third-order valence-corrected chi connectivity index (χ3v) is 3.34. The minimum Gasteiger partial charge on any atom is -0.340 e. The van der Waals surface area contributed by atoms with Crippen LogP contribution in [0.5, 0.6) is 0 Å². The molecule has 0 spiro atoms. The molecule has 0 amide bonds. The first-order valence-electron chi connectivity index (χ1n) is 6.56. The van der Waals surface area contributed by atoms with Crippen LogP contribution in [0.1, 0.15) is 17.9 Å². The van der Waals surface area contributed by atoms with Gasteiger partial charge in [0.15, 0.2) is 5.65 Å². The van der Waals surface area contributed by atoms with Gasteiger partial charge in [-0.15, -0.1) is 0 Å². The number of hydrogen-bond donors (Lipinski definition) is 2. The number of aromatic nitrogens is 3. The second-order valence-electron chi connectivity index (χ2n) is 4.89. The van der Waals surface area contributed by atoms with Crippen LogP contribution in [0.25, 0.3) is 11.2 Å². The second-order valence-corrected chi connectivity index (χ2v) is 4.89. The summed E-state index contributed by atoms with van der Waals surface area (Å²) in [6, 6.07) is 4.07. The highest BCUT2D eigenvalue weighted by Gasteiger charge is 2.11. The highest BCUT2D eigenvalue weighted by Crippen LogP contribution is 2.11. The number of aromatic amines is 1. The normalized spacial score (nSPS) is 18.1. The van der Waals surface area contributed by atoms with E-state index in [9.17, 15) is 0 Å². The van der Waals surface area contributed by atoms with Gasteiger partial charge in [0.1, 0.15) is 5.82 Å². The van der Waals surface area contributed by atoms with Crippen molar-refractivity contribution in [3.05, 3.63) is 23.7 Å². The van der Waals surface area contributed by atoms with Crippen LogP contribution in [-0.4, -0.2) is 46.0 Å². The maximum absolute atomic E-state index is 4.57. The van der Waals surface area contributed by atoms with E-state index in [1.807, 2.05) is 13.0 Å². The predicted molar refractivity (Wildman–Crippen MR) is 71.4 cm³/mol. The topological polar surface area (TPSA) is 56.8 Å². The van der Waals surface area contributed by atoms with Gasteiger partial charge in [0, 0.05) is 18.8 Å². The van der Waals surface area contributed by atoms with Crippen LogP contribution in [0.15, 0.2) is 12.1 Å². The number of rotatable bonds is 2. The molecule has 0 aliphatic carbocycles. The van der Waals surface area contributed by atoms with Gasteiger partial charge < -0.3 is 10.3 Å². The first-order chi connectivity index (χ1) is 8.81. The van der Waals surface area contributed by atoms with Gasteiger partial charge in [-0.2, -0.15) is 0 Å². The van der Waals surface area contributed by atoms with Gasteiger partial charge in [-0.3, -0.25) is 4.90 Å². The molecule has 0 unspecified atom stereocenters. The van der Waals surface area contributed by atoms with Crippen LogP contribution in [0.2, 0.25) is 0 Å². The number of pyridine rings is 1. The lowest BCUT2D eigenvalue weighted by Crippen LogP contribution is -2.28. The third kappa shape index (κ3) is 2.52. The van der Waals surface area contributed by atoms with Crippen LogP contribution < -0.4 is 5.32 Å². The average molecular weight is 245 g/mol. The van der Waals surface area contributed by atoms with E-state index in [0.717, 1.165) is 55.4 Å². The van der Waals surface area contributed by atoms with E-state index >= 15 is 0 Å². The Bertz CT molecular complexity index is 525. The summed E-state index contributed by atoms with van der Waals surface area (Å²) < 4.78 is 0. The Balaban J connectivity index is 1.77. The fourth-order valence-corrected chi connectivity index (χ4v) is 2.38. The summed E-state index contributed by atoms with van der Waals surface area (Å²) in [7, 11) is 0. The largest absolute Gasteiger partial charge is 0.340 e. The van der Waals surface area contributed by atoms with Crippen LogP contribution in [-0.2, 0) is 6.54 Å². The van der Waals surface area contributed by atoms with Crippen molar-refractivity contribution in [3.8, 4) is 0 Å². The van der Waals surface area contributed by atoms with Gasteiger partial charge in [-0.25, -0.2) is 9.97 Å². The zero-order valence-electron chi connectivity index (χ0n) is 10.7. The summed E-state index contributed by atoms with van der Waals surface area (Å²) >= 11 is 0. The Kier molecular flexibility index (Phi) is 3.25. The van der Waals surface area contributed by atoms with Crippen molar-refractivity contribution in [2.75, 3.05) is 26.2 Å². The number of H-pyrrole nitrogens is 1. The maximum atomic E-state index is 4.57. The molecule has 1 aliphatic rings. The van der Waals surface area contributed by atoms with E-state index in [2.05, 4.69) is 31.2 Å². The summed E-state index contributed by atoms with van der Waals surface area (Å²) in [5, 5.41) is 3.41. The monoisotopic (exact) mass is 245 g/mol. The molecule has 0 bridgehead atoms. The lowest BCUT2D eigenvalue weighted by atomic mass is 10.3. The van der Waals surface area contributed by atoms with Gasteiger partial charge in [0.05, 0.1) is 12.1 Å². The second kappa shape index (κ2) is 5.04. The molecule has 3 rings (SSSR count). The molecule has 2 aromatic heterocycles. The Hall–Kier alpha value is -1.46. The minimum atomic E-state index is 0.831. The van der Waals surface area contributed by atoms with E-state index in [1.54, 1.807) is 0 Å². The summed E-state index contributed by atoms with van der Waals surface area (Å²) in [4.78, 5) is 14.8. The molecular formula is C13H19N5. The van der Waals surface area contributed by atoms with Crippen molar-refractivity contribution >= 4 is 11.2 Å². The van der Waals surface area contributed by atoms with E-state index < -0.39 is 0 Å². The van der Waals surface area contributed by atoms with Crippen LogP contribution in [0.4, 0.5) is 0 Å². The number of nitrogens with zero attached hydrogens (tertiary/aromatic N) is 3. The number of hydrogen-bond acceptors (Lipinski definition) is 4. The smallest absolute Gasteiger partial charge is 0.177 e. The third-order valence-electron chi connectivity index (χ3n) is 3.34.